The third kappa shape index (κ3) is 10.3. The molecule has 34 heavy (non-hydrogen) atoms. The van der Waals surface area contributed by atoms with Gasteiger partial charge in [-0.05, 0) is 43.6 Å². The molecular formula is C28H46Cl2N2O2. The molecule has 0 radical (unpaired) electrons. The van der Waals surface area contributed by atoms with Gasteiger partial charge in [-0.1, -0.05) is 82.7 Å². The Morgan fingerprint density at radius 2 is 1.79 bits per heavy atom. The SMILES string of the molecule is CCCCO[C@@H](c1ccccc1)[C@@H]1CCCN(C(=O)N[C@H](CC)CC2CCCCC2)C1.ClCCl. The number of halogens is 2. The van der Waals surface area contributed by atoms with Gasteiger partial charge in [0.1, 0.15) is 0 Å². The number of piperidine rings is 1. The topological polar surface area (TPSA) is 41.6 Å². The van der Waals surface area contributed by atoms with Crippen molar-refractivity contribution < 1.29 is 9.53 Å². The summed E-state index contributed by atoms with van der Waals surface area (Å²) in [6.07, 6.45) is 13.4. The molecule has 4 nitrogen and oxygen atoms in total. The molecule has 1 saturated carbocycles. The number of nitrogens with zero attached hydrogens (tertiary/aromatic N) is 1. The summed E-state index contributed by atoms with van der Waals surface area (Å²) in [5, 5.41) is 3.58. The van der Waals surface area contributed by atoms with Gasteiger partial charge in [-0.3, -0.25) is 0 Å². The van der Waals surface area contributed by atoms with E-state index in [1.807, 2.05) is 0 Å². The highest BCUT2D eigenvalue weighted by atomic mass is 35.5. The summed E-state index contributed by atoms with van der Waals surface area (Å²) in [5.41, 5.74) is 1.24. The van der Waals surface area contributed by atoms with Crippen molar-refractivity contribution in [2.75, 3.05) is 25.0 Å². The molecule has 1 aromatic rings. The van der Waals surface area contributed by atoms with Gasteiger partial charge >= 0.3 is 6.03 Å². The second-order valence-corrected chi connectivity index (χ2v) is 10.6. The minimum absolute atomic E-state index is 0.0764. The maximum atomic E-state index is 13.1. The molecule has 6 heteroatoms. The van der Waals surface area contributed by atoms with E-state index in [0.717, 1.165) is 64.1 Å². The zero-order valence-electron chi connectivity index (χ0n) is 21.3. The van der Waals surface area contributed by atoms with Crippen LogP contribution in [0, 0.1) is 11.8 Å². The number of alkyl halides is 2. The number of ether oxygens (including phenoxy) is 1. The fourth-order valence-electron chi connectivity index (χ4n) is 5.36. The minimum Gasteiger partial charge on any atom is -0.373 e. The van der Waals surface area contributed by atoms with Crippen molar-refractivity contribution in [3.05, 3.63) is 35.9 Å². The average molecular weight is 514 g/mol. The summed E-state index contributed by atoms with van der Waals surface area (Å²) in [6, 6.07) is 11.0. The summed E-state index contributed by atoms with van der Waals surface area (Å²) >= 11 is 9.53. The zero-order chi connectivity index (χ0) is 24.6. The molecule has 1 aliphatic heterocycles. The molecule has 0 spiro atoms. The number of carbonyl (C=O) groups is 1. The van der Waals surface area contributed by atoms with Gasteiger partial charge in [0.05, 0.1) is 11.4 Å². The predicted molar refractivity (Wildman–Crippen MR) is 145 cm³/mol. The van der Waals surface area contributed by atoms with E-state index in [2.05, 4.69) is 54.4 Å². The van der Waals surface area contributed by atoms with Crippen LogP contribution in [0.2, 0.25) is 0 Å². The second kappa shape index (κ2) is 17.5. The van der Waals surface area contributed by atoms with Gasteiger partial charge in [-0.25, -0.2) is 4.79 Å². The summed E-state index contributed by atoms with van der Waals surface area (Å²) in [4.78, 5) is 15.2. The van der Waals surface area contributed by atoms with Crippen LogP contribution in [0.15, 0.2) is 30.3 Å². The quantitative estimate of drug-likeness (QED) is 0.253. The molecule has 3 rings (SSSR count). The lowest BCUT2D eigenvalue weighted by atomic mass is 9.84. The lowest BCUT2D eigenvalue weighted by Crippen LogP contribution is -2.49. The number of hydrogen-bond acceptors (Lipinski definition) is 2. The van der Waals surface area contributed by atoms with E-state index >= 15 is 0 Å². The summed E-state index contributed by atoms with van der Waals surface area (Å²) in [6.45, 7) is 6.85. The van der Waals surface area contributed by atoms with Crippen LogP contribution < -0.4 is 5.32 Å². The van der Waals surface area contributed by atoms with Crippen molar-refractivity contribution in [1.29, 1.82) is 0 Å². The molecule has 0 unspecified atom stereocenters. The molecule has 2 amide bonds. The zero-order valence-corrected chi connectivity index (χ0v) is 22.8. The van der Waals surface area contributed by atoms with Crippen molar-refractivity contribution in [3.8, 4) is 0 Å². The number of rotatable bonds is 10. The number of benzene rings is 1. The number of unbranched alkanes of at least 4 members (excludes halogenated alkanes) is 1. The molecule has 2 fully saturated rings. The van der Waals surface area contributed by atoms with E-state index in [0.29, 0.717) is 12.0 Å². The number of likely N-dealkylation sites (tertiary alicyclic amines) is 1. The van der Waals surface area contributed by atoms with Crippen molar-refractivity contribution in [2.24, 2.45) is 11.8 Å². The van der Waals surface area contributed by atoms with Crippen LogP contribution in [0.4, 0.5) is 4.79 Å². The number of nitrogens with one attached hydrogen (secondary N) is 1. The highest BCUT2D eigenvalue weighted by Crippen LogP contribution is 2.33. The Morgan fingerprint density at radius 3 is 2.44 bits per heavy atom. The van der Waals surface area contributed by atoms with Gasteiger partial charge in [0.15, 0.2) is 0 Å². The second-order valence-electron chi connectivity index (χ2n) is 9.80. The van der Waals surface area contributed by atoms with Crippen LogP contribution >= 0.6 is 23.2 Å². The van der Waals surface area contributed by atoms with Gasteiger partial charge in [0.2, 0.25) is 0 Å². The number of urea groups is 1. The molecule has 2 aliphatic rings. The third-order valence-electron chi connectivity index (χ3n) is 7.26. The molecule has 1 N–H and O–H groups in total. The number of amides is 2. The van der Waals surface area contributed by atoms with Crippen molar-refractivity contribution >= 4 is 29.2 Å². The molecule has 0 aromatic heterocycles. The van der Waals surface area contributed by atoms with Crippen LogP contribution in [0.3, 0.4) is 0 Å². The van der Waals surface area contributed by atoms with E-state index in [-0.39, 0.29) is 17.5 Å². The van der Waals surface area contributed by atoms with Crippen LogP contribution in [0.1, 0.15) is 96.1 Å². The molecule has 1 saturated heterocycles. The van der Waals surface area contributed by atoms with E-state index in [1.165, 1.54) is 37.7 Å². The molecular weight excluding hydrogens is 467 g/mol. The minimum atomic E-state index is 0.0764. The molecule has 1 aromatic carbocycles. The Hall–Kier alpha value is -0.970. The maximum absolute atomic E-state index is 13.1. The van der Waals surface area contributed by atoms with E-state index in [1.54, 1.807) is 0 Å². The molecule has 1 aliphatic carbocycles. The summed E-state index contributed by atoms with van der Waals surface area (Å²) in [5.74, 6) is 1.15. The summed E-state index contributed by atoms with van der Waals surface area (Å²) < 4.78 is 6.38. The predicted octanol–water partition coefficient (Wildman–Crippen LogP) is 8.14. The lowest BCUT2D eigenvalue weighted by molar-refractivity contribution is -0.0115. The van der Waals surface area contributed by atoms with Crippen LogP contribution in [0.25, 0.3) is 0 Å². The number of carbonyl (C=O) groups excluding carboxylic acids is 1. The summed E-state index contributed by atoms with van der Waals surface area (Å²) in [7, 11) is 0. The van der Waals surface area contributed by atoms with Crippen molar-refractivity contribution in [1.82, 2.24) is 10.2 Å². The van der Waals surface area contributed by atoms with Crippen molar-refractivity contribution in [2.45, 2.75) is 96.6 Å². The third-order valence-corrected chi connectivity index (χ3v) is 7.26. The first-order valence-corrected chi connectivity index (χ1v) is 14.5. The Bertz CT molecular complexity index is 655. The van der Waals surface area contributed by atoms with E-state index < -0.39 is 0 Å². The normalized spacial score (nSPS) is 20.7. The lowest BCUT2D eigenvalue weighted by Gasteiger charge is -2.38. The Kier molecular flexibility index (Phi) is 15.0. The average Bonchev–Trinajstić information content (AvgIpc) is 2.88. The van der Waals surface area contributed by atoms with Gasteiger partial charge < -0.3 is 15.0 Å². The first kappa shape index (κ1) is 29.3. The first-order valence-electron chi connectivity index (χ1n) is 13.5. The standard InChI is InChI=1S/C27H44N2O2.CH2Cl2/c1-3-5-19-31-26(23-15-10-7-11-16-23)24-17-12-18-29(21-24)27(30)28-25(4-2)20-22-13-8-6-9-14-22;2-1-3/h7,10-11,15-16,22,24-26H,3-6,8-9,12-14,17-21H2,1-2H3,(H,28,30);1H2/t24-,25-,26+;/m1./s1. The Labute approximate surface area is 218 Å². The van der Waals surface area contributed by atoms with Crippen LogP contribution in [-0.2, 0) is 4.74 Å². The molecule has 3 atom stereocenters. The highest BCUT2D eigenvalue weighted by Gasteiger charge is 2.32. The van der Waals surface area contributed by atoms with Crippen LogP contribution in [0.5, 0.6) is 0 Å². The maximum Gasteiger partial charge on any atom is 0.317 e. The van der Waals surface area contributed by atoms with Crippen LogP contribution in [-0.4, -0.2) is 42.0 Å². The van der Waals surface area contributed by atoms with Gasteiger partial charge in [0, 0.05) is 31.7 Å². The highest BCUT2D eigenvalue weighted by molar-refractivity contribution is 6.40. The van der Waals surface area contributed by atoms with E-state index in [4.69, 9.17) is 27.9 Å². The van der Waals surface area contributed by atoms with E-state index in [9.17, 15) is 4.79 Å². The largest absolute Gasteiger partial charge is 0.373 e. The number of hydrogen-bond donors (Lipinski definition) is 1. The molecule has 194 valence electrons. The molecule has 0 bridgehead atoms. The Morgan fingerprint density at radius 1 is 1.09 bits per heavy atom. The fourth-order valence-corrected chi connectivity index (χ4v) is 5.36. The van der Waals surface area contributed by atoms with Gasteiger partial charge in [-0.2, -0.15) is 0 Å². The first-order chi connectivity index (χ1) is 16.6. The molecule has 1 heterocycles. The fraction of sp³-hybridized carbons (Fsp3) is 0.750. The smallest absolute Gasteiger partial charge is 0.317 e. The Balaban J connectivity index is 0.00000129. The van der Waals surface area contributed by atoms with Gasteiger partial charge in [-0.15, -0.1) is 23.2 Å². The monoisotopic (exact) mass is 512 g/mol. The van der Waals surface area contributed by atoms with Gasteiger partial charge in [0.25, 0.3) is 0 Å². The van der Waals surface area contributed by atoms with Crippen molar-refractivity contribution in [3.63, 3.8) is 0 Å².